The van der Waals surface area contributed by atoms with Crippen molar-refractivity contribution in [1.29, 1.82) is 5.26 Å². The quantitative estimate of drug-likeness (QED) is 0.700. The molecule has 0 radical (unpaired) electrons. The van der Waals surface area contributed by atoms with Crippen molar-refractivity contribution in [2.24, 2.45) is 0 Å². The Bertz CT molecular complexity index is 357. The van der Waals surface area contributed by atoms with Crippen LogP contribution < -0.4 is 5.32 Å². The number of carboxylic acid groups (broad SMARTS) is 1. The fourth-order valence-corrected chi connectivity index (χ4v) is 0.762. The topological polar surface area (TPSA) is 86.0 Å². The molecule has 1 aromatic heterocycles. The number of aromatic nitrogens is 1. The van der Waals surface area contributed by atoms with Crippen LogP contribution in [-0.2, 0) is 4.79 Å². The molecule has 0 aromatic carbocycles. The highest BCUT2D eigenvalue weighted by atomic mass is 16.4. The maximum atomic E-state index is 10.2. The maximum Gasteiger partial charge on any atom is 0.322 e. The summed E-state index contributed by atoms with van der Waals surface area (Å²) >= 11 is 0. The first-order valence-electron chi connectivity index (χ1n) is 3.55. The van der Waals surface area contributed by atoms with E-state index in [1.165, 1.54) is 0 Å². The van der Waals surface area contributed by atoms with Crippen LogP contribution in [0.15, 0.2) is 18.2 Å². The molecule has 0 fully saturated rings. The zero-order valence-corrected chi connectivity index (χ0v) is 6.69. The lowest BCUT2D eigenvalue weighted by Gasteiger charge is -2.00. The molecule has 2 N–H and O–H groups in total. The van der Waals surface area contributed by atoms with Crippen molar-refractivity contribution in [3.8, 4) is 6.07 Å². The van der Waals surface area contributed by atoms with Crippen molar-refractivity contribution >= 4 is 11.8 Å². The van der Waals surface area contributed by atoms with Gasteiger partial charge in [0.25, 0.3) is 0 Å². The zero-order valence-electron chi connectivity index (χ0n) is 6.69. The lowest BCUT2D eigenvalue weighted by molar-refractivity contribution is -0.134. The number of hydrogen-bond acceptors (Lipinski definition) is 4. The number of nitrogens with one attached hydrogen (secondary N) is 1. The highest BCUT2D eigenvalue weighted by Gasteiger charge is 1.98. The van der Waals surface area contributed by atoms with E-state index in [0.717, 1.165) is 0 Å². The molecule has 0 aliphatic carbocycles. The molecule has 1 aromatic rings. The molecule has 13 heavy (non-hydrogen) atoms. The van der Waals surface area contributed by atoms with Gasteiger partial charge in [0.15, 0.2) is 0 Å². The van der Waals surface area contributed by atoms with Gasteiger partial charge in [0.2, 0.25) is 0 Å². The molecule has 0 saturated heterocycles. The second-order valence-electron chi connectivity index (χ2n) is 2.27. The molecule has 0 unspecified atom stereocenters. The number of nitrogens with zero attached hydrogens (tertiary/aromatic N) is 2. The van der Waals surface area contributed by atoms with E-state index in [9.17, 15) is 4.79 Å². The van der Waals surface area contributed by atoms with Crippen LogP contribution in [0.4, 0.5) is 5.82 Å². The smallest absolute Gasteiger partial charge is 0.322 e. The first kappa shape index (κ1) is 9.00. The number of carboxylic acids is 1. The molecular weight excluding hydrogens is 170 g/mol. The van der Waals surface area contributed by atoms with Gasteiger partial charge < -0.3 is 10.4 Å². The summed E-state index contributed by atoms with van der Waals surface area (Å²) in [5, 5.41) is 19.4. The molecule has 0 saturated carbocycles. The minimum absolute atomic E-state index is 0.206. The molecule has 0 atom stereocenters. The molecular formula is C8H7N3O2. The van der Waals surface area contributed by atoms with Crippen LogP contribution in [0.3, 0.4) is 0 Å². The van der Waals surface area contributed by atoms with E-state index in [1.54, 1.807) is 18.2 Å². The van der Waals surface area contributed by atoms with Gasteiger partial charge in [-0.2, -0.15) is 5.26 Å². The Morgan fingerprint density at radius 2 is 2.46 bits per heavy atom. The third kappa shape index (κ3) is 2.79. The van der Waals surface area contributed by atoms with Crippen LogP contribution in [0.2, 0.25) is 0 Å². The monoisotopic (exact) mass is 177 g/mol. The van der Waals surface area contributed by atoms with Crippen molar-refractivity contribution in [3.05, 3.63) is 23.9 Å². The lowest BCUT2D eigenvalue weighted by Crippen LogP contribution is -2.13. The summed E-state index contributed by atoms with van der Waals surface area (Å²) in [4.78, 5) is 14.0. The third-order valence-corrected chi connectivity index (χ3v) is 1.28. The van der Waals surface area contributed by atoms with Crippen molar-refractivity contribution in [2.45, 2.75) is 0 Å². The van der Waals surface area contributed by atoms with Crippen LogP contribution in [0, 0.1) is 11.3 Å². The number of rotatable bonds is 3. The molecule has 5 heteroatoms. The van der Waals surface area contributed by atoms with Crippen LogP contribution in [0.25, 0.3) is 0 Å². The molecule has 0 spiro atoms. The maximum absolute atomic E-state index is 10.2. The number of nitriles is 1. The second-order valence-corrected chi connectivity index (χ2v) is 2.27. The summed E-state index contributed by atoms with van der Waals surface area (Å²) in [6.07, 6.45) is 0. The van der Waals surface area contributed by atoms with Crippen molar-refractivity contribution in [3.63, 3.8) is 0 Å². The third-order valence-electron chi connectivity index (χ3n) is 1.28. The number of hydrogen-bond donors (Lipinski definition) is 2. The highest BCUT2D eigenvalue weighted by molar-refractivity contribution is 5.72. The van der Waals surface area contributed by atoms with Gasteiger partial charge in [-0.05, 0) is 12.1 Å². The molecule has 1 heterocycles. The molecule has 66 valence electrons. The van der Waals surface area contributed by atoms with Gasteiger partial charge in [0.05, 0.1) is 0 Å². The van der Waals surface area contributed by atoms with Crippen molar-refractivity contribution in [2.75, 3.05) is 11.9 Å². The molecule has 5 nitrogen and oxygen atoms in total. The summed E-state index contributed by atoms with van der Waals surface area (Å²) in [6.45, 7) is -0.206. The van der Waals surface area contributed by atoms with E-state index in [0.29, 0.717) is 5.82 Å². The Labute approximate surface area is 74.6 Å². The van der Waals surface area contributed by atoms with E-state index < -0.39 is 5.97 Å². The van der Waals surface area contributed by atoms with Gasteiger partial charge in [-0.25, -0.2) is 4.98 Å². The zero-order chi connectivity index (χ0) is 9.68. The van der Waals surface area contributed by atoms with Crippen LogP contribution >= 0.6 is 0 Å². The minimum Gasteiger partial charge on any atom is -0.480 e. The normalized spacial score (nSPS) is 8.85. The number of carbonyl (C=O) groups is 1. The average Bonchev–Trinajstić information content (AvgIpc) is 2.15. The van der Waals surface area contributed by atoms with E-state index >= 15 is 0 Å². The first-order chi connectivity index (χ1) is 6.22. The molecule has 0 bridgehead atoms. The Kier molecular flexibility index (Phi) is 2.82. The van der Waals surface area contributed by atoms with Gasteiger partial charge in [-0.1, -0.05) is 6.07 Å². The van der Waals surface area contributed by atoms with E-state index in [1.807, 2.05) is 6.07 Å². The lowest BCUT2D eigenvalue weighted by atomic mass is 10.3. The van der Waals surface area contributed by atoms with Crippen LogP contribution in [0.5, 0.6) is 0 Å². The predicted molar refractivity (Wildman–Crippen MR) is 45.1 cm³/mol. The van der Waals surface area contributed by atoms with Gasteiger partial charge in [0.1, 0.15) is 24.1 Å². The Balaban J connectivity index is 2.68. The summed E-state index contributed by atoms with van der Waals surface area (Å²) in [6, 6.07) is 6.64. The highest BCUT2D eigenvalue weighted by Crippen LogP contribution is 2.02. The molecule has 0 aliphatic rings. The standard InChI is InChI=1S/C8H7N3O2/c9-4-6-2-1-3-7(11-6)10-5-8(12)13/h1-3H,5H2,(H,10,11)(H,12,13). The van der Waals surface area contributed by atoms with Crippen LogP contribution in [0.1, 0.15) is 5.69 Å². The van der Waals surface area contributed by atoms with Crippen molar-refractivity contribution < 1.29 is 9.90 Å². The van der Waals surface area contributed by atoms with Crippen molar-refractivity contribution in [1.82, 2.24) is 4.98 Å². The molecule has 0 amide bonds. The van der Waals surface area contributed by atoms with Crippen LogP contribution in [-0.4, -0.2) is 22.6 Å². The Morgan fingerprint density at radius 3 is 3.08 bits per heavy atom. The largest absolute Gasteiger partial charge is 0.480 e. The predicted octanol–water partition coefficient (Wildman–Crippen LogP) is 0.450. The van der Waals surface area contributed by atoms with E-state index in [-0.39, 0.29) is 12.2 Å². The van der Waals surface area contributed by atoms with Gasteiger partial charge in [-0.15, -0.1) is 0 Å². The first-order valence-corrected chi connectivity index (χ1v) is 3.55. The molecule has 0 aliphatic heterocycles. The minimum atomic E-state index is -0.968. The van der Waals surface area contributed by atoms with Gasteiger partial charge in [0, 0.05) is 0 Å². The Morgan fingerprint density at radius 1 is 1.69 bits per heavy atom. The van der Waals surface area contributed by atoms with Gasteiger partial charge in [-0.3, -0.25) is 4.79 Å². The van der Waals surface area contributed by atoms with E-state index in [4.69, 9.17) is 10.4 Å². The number of pyridine rings is 1. The summed E-state index contributed by atoms with van der Waals surface area (Å²) in [5.41, 5.74) is 0.260. The SMILES string of the molecule is N#Cc1cccc(NCC(=O)O)n1. The number of aliphatic carboxylic acids is 1. The number of anilines is 1. The van der Waals surface area contributed by atoms with Gasteiger partial charge >= 0.3 is 5.97 Å². The Hall–Kier alpha value is -2.09. The summed E-state index contributed by atoms with van der Waals surface area (Å²) in [5.74, 6) is -0.578. The average molecular weight is 177 g/mol. The summed E-state index contributed by atoms with van der Waals surface area (Å²) in [7, 11) is 0. The fraction of sp³-hybridized carbons (Fsp3) is 0.125. The fourth-order valence-electron chi connectivity index (χ4n) is 0.762. The molecule has 1 rings (SSSR count). The van der Waals surface area contributed by atoms with E-state index in [2.05, 4.69) is 10.3 Å². The second kappa shape index (κ2) is 4.07. The summed E-state index contributed by atoms with van der Waals surface area (Å²) < 4.78 is 0.